The van der Waals surface area contributed by atoms with Crippen molar-refractivity contribution in [1.29, 1.82) is 0 Å². The summed E-state index contributed by atoms with van der Waals surface area (Å²) in [6.07, 6.45) is 0.247. The Kier molecular flexibility index (Phi) is 14.7. The van der Waals surface area contributed by atoms with Crippen molar-refractivity contribution in [2.75, 3.05) is 46.8 Å². The molecule has 0 aliphatic carbocycles. The van der Waals surface area contributed by atoms with Crippen molar-refractivity contribution in [2.45, 2.75) is 51.3 Å². The van der Waals surface area contributed by atoms with Crippen molar-refractivity contribution in [3.05, 3.63) is 0 Å². The van der Waals surface area contributed by atoms with Gasteiger partial charge in [-0.3, -0.25) is 18.1 Å². The highest BCUT2D eigenvalue weighted by Crippen LogP contribution is 2.53. The summed E-state index contributed by atoms with van der Waals surface area (Å²) in [5.41, 5.74) is 0. The van der Waals surface area contributed by atoms with Gasteiger partial charge in [0.2, 0.25) is 0 Å². The highest BCUT2D eigenvalue weighted by molar-refractivity contribution is 7.53. The van der Waals surface area contributed by atoms with Gasteiger partial charge >= 0.3 is 23.2 Å². The molecule has 6 unspecified atom stereocenters. The van der Waals surface area contributed by atoms with Crippen LogP contribution in [0.3, 0.4) is 0 Å². The van der Waals surface area contributed by atoms with Crippen LogP contribution in [0.4, 0.5) is 0 Å². The van der Waals surface area contributed by atoms with Crippen molar-refractivity contribution in [3.8, 4) is 0 Å². The summed E-state index contributed by atoms with van der Waals surface area (Å²) in [5.74, 6) is 0. The molecule has 18 heteroatoms. The fraction of sp³-hybridized carbons (Fsp3) is 1.00. The summed E-state index contributed by atoms with van der Waals surface area (Å²) in [6.45, 7) is 3.10. The second kappa shape index (κ2) is 15.4. The van der Waals surface area contributed by atoms with Crippen molar-refractivity contribution in [3.63, 3.8) is 0 Å². The minimum atomic E-state index is -4.29. The smallest absolute Gasteiger partial charge is 0.381 e. The molecule has 6 atom stereocenters. The summed E-state index contributed by atoms with van der Waals surface area (Å²) in [7, 11) is -7.56. The lowest BCUT2D eigenvalue weighted by Gasteiger charge is -2.21. The third-order valence-corrected chi connectivity index (χ3v) is 8.31. The quantitative estimate of drug-likeness (QED) is 0.0833. The maximum absolute atomic E-state index is 12.7. The van der Waals surface area contributed by atoms with Gasteiger partial charge in [-0.2, -0.15) is 0 Å². The van der Waals surface area contributed by atoms with Crippen LogP contribution in [0, 0.1) is 0 Å². The van der Waals surface area contributed by atoms with E-state index in [1.807, 2.05) is 7.85 Å². The van der Waals surface area contributed by atoms with E-state index < -0.39 is 29.3 Å². The van der Waals surface area contributed by atoms with E-state index in [1.54, 1.807) is 13.8 Å². The molecular weight excluding hydrogens is 508 g/mol. The number of rotatable bonds is 19. The second-order valence-electron chi connectivity index (χ2n) is 6.90. The third-order valence-electron chi connectivity index (χ3n) is 4.18. The number of hydrogen-bond acceptors (Lipinski definition) is 13. The minimum absolute atomic E-state index is 0.0118. The number of phosphoric acid groups is 2. The van der Waals surface area contributed by atoms with E-state index in [0.29, 0.717) is 6.42 Å². The van der Waals surface area contributed by atoms with Gasteiger partial charge in [-0.1, -0.05) is 6.92 Å². The van der Waals surface area contributed by atoms with Gasteiger partial charge in [-0.25, -0.2) is 18.9 Å². The first-order valence-corrected chi connectivity index (χ1v) is 15.0. The van der Waals surface area contributed by atoms with Crippen molar-refractivity contribution in [1.82, 2.24) is 0 Å². The maximum Gasteiger partial charge on any atom is 0.502 e. The molecule has 0 spiro atoms. The Morgan fingerprint density at radius 1 is 0.939 bits per heavy atom. The molecule has 1 saturated heterocycles. The van der Waals surface area contributed by atoms with Gasteiger partial charge in [0.1, 0.15) is 7.85 Å². The standard InChI is InChI=1S/C15H34BO14P3/c1-5-31(17,23-8-6-10-25-32(18,19)29-21-3)24-9-7-11-26-33(20,30-22-4)28-14-12-15(16)27-13(14)2/h13-15H,5-12,16H2,1-4H3,(H,18,19). The van der Waals surface area contributed by atoms with Crippen LogP contribution in [0.25, 0.3) is 0 Å². The minimum Gasteiger partial charge on any atom is -0.381 e. The molecule has 1 rings (SSSR count). The molecule has 0 amide bonds. The van der Waals surface area contributed by atoms with Gasteiger partial charge in [0.05, 0.1) is 52.9 Å². The summed E-state index contributed by atoms with van der Waals surface area (Å²) < 4.78 is 76.9. The Hall–Kier alpha value is 0.315. The first-order chi connectivity index (χ1) is 15.5. The average Bonchev–Trinajstić information content (AvgIpc) is 3.03. The van der Waals surface area contributed by atoms with Gasteiger partial charge in [0.15, 0.2) is 0 Å². The van der Waals surface area contributed by atoms with Crippen molar-refractivity contribution >= 4 is 31.1 Å². The summed E-state index contributed by atoms with van der Waals surface area (Å²) >= 11 is 0. The molecule has 33 heavy (non-hydrogen) atoms. The van der Waals surface area contributed by atoms with Crippen LogP contribution in [0.1, 0.15) is 33.1 Å². The molecular formula is C15H34BO14P3. The molecule has 196 valence electrons. The third kappa shape index (κ3) is 12.7. The van der Waals surface area contributed by atoms with E-state index >= 15 is 0 Å². The number of ether oxygens (including phenoxy) is 1. The lowest BCUT2D eigenvalue weighted by atomic mass is 9.96. The van der Waals surface area contributed by atoms with Crippen molar-refractivity contribution in [2.24, 2.45) is 0 Å². The highest BCUT2D eigenvalue weighted by Gasteiger charge is 2.39. The fourth-order valence-electron chi connectivity index (χ4n) is 2.70. The van der Waals surface area contributed by atoms with Gasteiger partial charge in [0, 0.05) is 12.2 Å². The van der Waals surface area contributed by atoms with Crippen LogP contribution in [0.15, 0.2) is 0 Å². The van der Waals surface area contributed by atoms with Gasteiger partial charge < -0.3 is 18.7 Å². The zero-order valence-electron chi connectivity index (χ0n) is 19.5. The van der Waals surface area contributed by atoms with Crippen LogP contribution in [0.5, 0.6) is 0 Å². The van der Waals surface area contributed by atoms with Crippen LogP contribution < -0.4 is 0 Å². The van der Waals surface area contributed by atoms with Crippen LogP contribution in [-0.2, 0) is 60.2 Å². The average molecular weight is 542 g/mol. The molecule has 1 fully saturated rings. The first kappa shape index (κ1) is 31.3. The van der Waals surface area contributed by atoms with E-state index in [1.165, 1.54) is 7.11 Å². The largest absolute Gasteiger partial charge is 0.502 e. The SMILES string of the molecule is BC1CC(OP(=O)(OCCCOP(=O)(CC)OCCCOP(=O)(O)OOC)OOC)C(C)O1. The lowest BCUT2D eigenvalue weighted by molar-refractivity contribution is -0.204. The first-order valence-electron chi connectivity index (χ1n) is 10.4. The molecule has 0 saturated carbocycles. The van der Waals surface area contributed by atoms with Gasteiger partial charge in [-0.05, 0) is 26.2 Å². The summed E-state index contributed by atoms with van der Waals surface area (Å²) in [4.78, 5) is 17.8. The van der Waals surface area contributed by atoms with Crippen LogP contribution in [-0.4, -0.2) is 77.8 Å². The van der Waals surface area contributed by atoms with E-state index in [0.717, 1.165) is 7.11 Å². The predicted molar refractivity (Wildman–Crippen MR) is 117 cm³/mol. The Morgan fingerprint density at radius 2 is 1.48 bits per heavy atom. The molecule has 1 heterocycles. The number of hydrogen-bond donors (Lipinski definition) is 1. The van der Waals surface area contributed by atoms with Crippen LogP contribution in [0.2, 0.25) is 0 Å². The Labute approximate surface area is 194 Å². The van der Waals surface area contributed by atoms with E-state index in [2.05, 4.69) is 19.0 Å². The lowest BCUT2D eigenvalue weighted by Crippen LogP contribution is -2.21. The molecule has 0 aromatic carbocycles. The van der Waals surface area contributed by atoms with Gasteiger partial charge in [-0.15, -0.1) is 9.35 Å². The van der Waals surface area contributed by atoms with E-state index in [4.69, 9.17) is 27.5 Å². The molecule has 0 bridgehead atoms. The molecule has 0 aromatic heterocycles. The maximum atomic E-state index is 12.7. The van der Waals surface area contributed by atoms with Gasteiger partial charge in [0.25, 0.3) is 0 Å². The predicted octanol–water partition coefficient (Wildman–Crippen LogP) is 2.56. The molecule has 1 aliphatic rings. The monoisotopic (exact) mass is 542 g/mol. The zero-order chi connectivity index (χ0) is 25.0. The highest BCUT2D eigenvalue weighted by atomic mass is 31.2. The molecule has 14 nitrogen and oxygen atoms in total. The molecule has 1 aliphatic heterocycles. The Balaban J connectivity index is 2.33. The summed E-state index contributed by atoms with van der Waals surface area (Å²) in [5, 5.41) is 0. The fourth-order valence-corrected chi connectivity index (χ4v) is 5.81. The Morgan fingerprint density at radius 3 is 1.97 bits per heavy atom. The zero-order valence-corrected chi connectivity index (χ0v) is 22.2. The van der Waals surface area contributed by atoms with Crippen LogP contribution >= 0.6 is 23.2 Å². The number of phosphoric ester groups is 2. The van der Waals surface area contributed by atoms with E-state index in [9.17, 15) is 18.6 Å². The normalized spacial score (nSPS) is 26.5. The molecule has 0 radical (unpaired) electrons. The Bertz CT molecular complexity index is 697. The van der Waals surface area contributed by atoms with Crippen molar-refractivity contribution < 1.29 is 65.1 Å². The molecule has 1 N–H and O–H groups in total. The summed E-state index contributed by atoms with van der Waals surface area (Å²) in [6, 6.07) is -0.0454. The second-order valence-corrected chi connectivity index (χ2v) is 12.1. The van der Waals surface area contributed by atoms with E-state index in [-0.39, 0.29) is 57.5 Å². The topological polar surface area (TPSA) is 164 Å². The molecule has 0 aromatic rings.